The third-order valence-electron chi connectivity index (χ3n) is 3.99. The van der Waals surface area contributed by atoms with Crippen LogP contribution in [0.3, 0.4) is 0 Å². The number of aryl methyl sites for hydroxylation is 2. The number of aromatic nitrogens is 6. The van der Waals surface area contributed by atoms with E-state index in [0.717, 1.165) is 22.5 Å². The van der Waals surface area contributed by atoms with Crippen molar-refractivity contribution < 1.29 is 0 Å². The van der Waals surface area contributed by atoms with Gasteiger partial charge in [-0.3, -0.25) is 9.36 Å². The van der Waals surface area contributed by atoms with E-state index >= 15 is 0 Å². The van der Waals surface area contributed by atoms with Crippen LogP contribution in [0.15, 0.2) is 35.4 Å². The van der Waals surface area contributed by atoms with Gasteiger partial charge in [0.1, 0.15) is 0 Å². The second-order valence-corrected chi connectivity index (χ2v) is 6.18. The number of hydrogen-bond acceptors (Lipinski definition) is 5. The molecular weight excluding hydrogens is 304 g/mol. The van der Waals surface area contributed by atoms with Crippen molar-refractivity contribution in [3.05, 3.63) is 63.6 Å². The van der Waals surface area contributed by atoms with Crippen molar-refractivity contribution in [1.82, 2.24) is 29.8 Å². The molecule has 3 aromatic rings. The minimum absolute atomic E-state index is 0.107. The summed E-state index contributed by atoms with van der Waals surface area (Å²) in [6.07, 6.45) is 1.56. The first-order valence-electron chi connectivity index (χ1n) is 7.87. The van der Waals surface area contributed by atoms with Gasteiger partial charge in [-0.15, -0.1) is 5.10 Å². The van der Waals surface area contributed by atoms with Crippen molar-refractivity contribution in [3.63, 3.8) is 0 Å². The smallest absolute Gasteiger partial charge is 0.253 e. The van der Waals surface area contributed by atoms with Gasteiger partial charge in [-0.25, -0.2) is 4.98 Å². The second kappa shape index (κ2) is 6.35. The monoisotopic (exact) mass is 324 g/mol. The Morgan fingerprint density at radius 3 is 2.50 bits per heavy atom. The first kappa shape index (κ1) is 16.0. The molecule has 0 aliphatic carbocycles. The van der Waals surface area contributed by atoms with Gasteiger partial charge in [-0.05, 0) is 41.3 Å². The summed E-state index contributed by atoms with van der Waals surface area (Å²) in [5.41, 5.74) is 3.76. The number of nitrogens with zero attached hydrogens (tertiary/aromatic N) is 6. The highest BCUT2D eigenvalue weighted by molar-refractivity contribution is 5.46. The minimum Gasteiger partial charge on any atom is -0.291 e. The van der Waals surface area contributed by atoms with Crippen LogP contribution in [0.4, 0.5) is 0 Å². The summed E-state index contributed by atoms with van der Waals surface area (Å²) >= 11 is 0. The molecule has 0 spiro atoms. The number of benzene rings is 1. The molecule has 2 heterocycles. The second-order valence-electron chi connectivity index (χ2n) is 6.18. The van der Waals surface area contributed by atoms with Crippen LogP contribution >= 0.6 is 0 Å². The van der Waals surface area contributed by atoms with Gasteiger partial charge in [-0.2, -0.15) is 4.68 Å². The molecule has 24 heavy (non-hydrogen) atoms. The van der Waals surface area contributed by atoms with Crippen molar-refractivity contribution in [2.75, 3.05) is 0 Å². The SMILES string of the molecule is Cc1cccc(C)c1-n1nnnc1Cn1cnc(C(C)C)cc1=O. The molecule has 1 aromatic carbocycles. The topological polar surface area (TPSA) is 78.5 Å². The van der Waals surface area contributed by atoms with Crippen LogP contribution in [-0.4, -0.2) is 29.8 Å². The average Bonchev–Trinajstić information content (AvgIpc) is 2.97. The predicted molar refractivity (Wildman–Crippen MR) is 90.3 cm³/mol. The number of tetrazole rings is 1. The third kappa shape index (κ3) is 2.97. The van der Waals surface area contributed by atoms with Crippen molar-refractivity contribution in [2.24, 2.45) is 0 Å². The van der Waals surface area contributed by atoms with Gasteiger partial charge in [0, 0.05) is 6.07 Å². The van der Waals surface area contributed by atoms with Crippen LogP contribution in [0.2, 0.25) is 0 Å². The molecule has 124 valence electrons. The molecule has 0 fully saturated rings. The van der Waals surface area contributed by atoms with Gasteiger partial charge >= 0.3 is 0 Å². The maximum Gasteiger partial charge on any atom is 0.253 e. The van der Waals surface area contributed by atoms with Crippen LogP contribution in [0, 0.1) is 13.8 Å². The maximum atomic E-state index is 12.3. The van der Waals surface area contributed by atoms with Crippen LogP contribution in [0.1, 0.15) is 42.4 Å². The summed E-state index contributed by atoms with van der Waals surface area (Å²) in [7, 11) is 0. The first-order valence-corrected chi connectivity index (χ1v) is 7.87. The van der Waals surface area contributed by atoms with Crippen LogP contribution in [0.5, 0.6) is 0 Å². The van der Waals surface area contributed by atoms with Crippen molar-refractivity contribution >= 4 is 0 Å². The highest BCUT2D eigenvalue weighted by Gasteiger charge is 2.14. The lowest BCUT2D eigenvalue weighted by Gasteiger charge is -2.12. The molecule has 7 heteroatoms. The maximum absolute atomic E-state index is 12.3. The summed E-state index contributed by atoms with van der Waals surface area (Å²) in [6.45, 7) is 8.31. The highest BCUT2D eigenvalue weighted by atomic mass is 16.1. The van der Waals surface area contributed by atoms with E-state index in [2.05, 4.69) is 20.5 Å². The fourth-order valence-corrected chi connectivity index (χ4v) is 2.64. The number of hydrogen-bond donors (Lipinski definition) is 0. The molecule has 2 aromatic heterocycles. The molecule has 0 atom stereocenters. The predicted octanol–water partition coefficient (Wildman–Crippen LogP) is 2.01. The molecule has 0 saturated heterocycles. The first-order chi connectivity index (χ1) is 11.5. The Morgan fingerprint density at radius 1 is 1.17 bits per heavy atom. The molecule has 0 saturated carbocycles. The molecule has 0 unspecified atom stereocenters. The van der Waals surface area contributed by atoms with E-state index in [9.17, 15) is 4.79 Å². The van der Waals surface area contributed by atoms with Gasteiger partial charge in [0.25, 0.3) is 5.56 Å². The Bertz CT molecular complexity index is 905. The lowest BCUT2D eigenvalue weighted by Crippen LogP contribution is -2.23. The van der Waals surface area contributed by atoms with E-state index in [0.29, 0.717) is 5.82 Å². The molecule has 7 nitrogen and oxygen atoms in total. The lowest BCUT2D eigenvalue weighted by atomic mass is 10.1. The summed E-state index contributed by atoms with van der Waals surface area (Å²) in [5, 5.41) is 12.0. The molecule has 0 bridgehead atoms. The Morgan fingerprint density at radius 2 is 1.88 bits per heavy atom. The zero-order valence-electron chi connectivity index (χ0n) is 14.3. The molecule has 0 radical (unpaired) electrons. The van der Waals surface area contributed by atoms with E-state index in [-0.39, 0.29) is 18.0 Å². The van der Waals surface area contributed by atoms with Crippen LogP contribution < -0.4 is 5.56 Å². The van der Waals surface area contributed by atoms with E-state index in [4.69, 9.17) is 0 Å². The molecular formula is C17H20N6O. The van der Waals surface area contributed by atoms with Crippen molar-refractivity contribution in [3.8, 4) is 5.69 Å². The third-order valence-corrected chi connectivity index (χ3v) is 3.99. The molecule has 3 rings (SSSR count). The van der Waals surface area contributed by atoms with Crippen molar-refractivity contribution in [2.45, 2.75) is 40.2 Å². The fourth-order valence-electron chi connectivity index (χ4n) is 2.64. The van der Waals surface area contributed by atoms with Gasteiger partial charge in [-0.1, -0.05) is 32.0 Å². The molecule has 0 amide bonds. The quantitative estimate of drug-likeness (QED) is 0.733. The van der Waals surface area contributed by atoms with Crippen LogP contribution in [-0.2, 0) is 6.54 Å². The molecule has 0 N–H and O–H groups in total. The van der Waals surface area contributed by atoms with Gasteiger partial charge in [0.05, 0.1) is 24.3 Å². The zero-order chi connectivity index (χ0) is 17.3. The Balaban J connectivity index is 1.99. The zero-order valence-corrected chi connectivity index (χ0v) is 14.3. The molecule has 0 aliphatic rings. The van der Waals surface area contributed by atoms with Crippen LogP contribution in [0.25, 0.3) is 5.69 Å². The fraction of sp³-hybridized carbons (Fsp3) is 0.353. The van der Waals surface area contributed by atoms with E-state index < -0.39 is 0 Å². The number of rotatable bonds is 4. The van der Waals surface area contributed by atoms with E-state index in [1.165, 1.54) is 4.57 Å². The Kier molecular flexibility index (Phi) is 4.24. The van der Waals surface area contributed by atoms with Gasteiger partial charge < -0.3 is 0 Å². The molecule has 0 aliphatic heterocycles. The summed E-state index contributed by atoms with van der Waals surface area (Å²) < 4.78 is 3.20. The van der Waals surface area contributed by atoms with E-state index in [1.54, 1.807) is 17.1 Å². The summed E-state index contributed by atoms with van der Waals surface area (Å²) in [5.74, 6) is 0.806. The standard InChI is InChI=1S/C17H20N6O/c1-11(2)14-8-16(24)22(10-18-14)9-15-19-20-21-23(15)17-12(3)6-5-7-13(17)4/h5-8,10-11H,9H2,1-4H3. The Labute approximate surface area is 140 Å². The van der Waals surface area contributed by atoms with Gasteiger partial charge in [0.2, 0.25) is 0 Å². The Hall–Kier alpha value is -2.83. The highest BCUT2D eigenvalue weighted by Crippen LogP contribution is 2.18. The largest absolute Gasteiger partial charge is 0.291 e. The summed E-state index contributed by atoms with van der Waals surface area (Å²) in [6, 6.07) is 7.59. The van der Waals surface area contributed by atoms with E-state index in [1.807, 2.05) is 45.9 Å². The lowest BCUT2D eigenvalue weighted by molar-refractivity contribution is 0.654. The minimum atomic E-state index is -0.107. The number of para-hydroxylation sites is 1. The average molecular weight is 324 g/mol. The summed E-state index contributed by atoms with van der Waals surface area (Å²) in [4.78, 5) is 16.6. The van der Waals surface area contributed by atoms with Crippen molar-refractivity contribution in [1.29, 1.82) is 0 Å². The normalized spacial score (nSPS) is 11.2. The van der Waals surface area contributed by atoms with Gasteiger partial charge in [0.15, 0.2) is 5.82 Å².